The van der Waals surface area contributed by atoms with Gasteiger partial charge in [-0.2, -0.15) is 0 Å². The van der Waals surface area contributed by atoms with E-state index in [0.717, 1.165) is 38.2 Å². The maximum Gasteiger partial charge on any atom is 0.120 e. The first-order chi connectivity index (χ1) is 9.90. The highest BCUT2D eigenvalue weighted by molar-refractivity contribution is 5.83. The van der Waals surface area contributed by atoms with E-state index in [9.17, 15) is 0 Å². The third-order valence-corrected chi connectivity index (χ3v) is 3.21. The summed E-state index contributed by atoms with van der Waals surface area (Å²) >= 11 is 0. The Bertz CT molecular complexity index is 513. The minimum absolute atomic E-state index is 0.592. The molecule has 0 aliphatic carbocycles. The summed E-state index contributed by atoms with van der Waals surface area (Å²) in [7, 11) is 0. The van der Waals surface area contributed by atoms with Crippen LogP contribution in [0.5, 0.6) is 5.75 Å². The molecule has 0 unspecified atom stereocenters. The Morgan fingerprint density at radius 1 is 0.800 bits per heavy atom. The molecule has 0 radical (unpaired) electrons. The number of hydrogen-bond donors (Lipinski definition) is 1. The molecule has 2 rings (SSSR count). The number of ether oxygens (including phenoxy) is 2. The van der Waals surface area contributed by atoms with Crippen molar-refractivity contribution in [2.75, 3.05) is 26.4 Å². The van der Waals surface area contributed by atoms with Crippen LogP contribution in [0.25, 0.3) is 10.8 Å². The van der Waals surface area contributed by atoms with Crippen LogP contribution in [0.3, 0.4) is 0 Å². The third-order valence-electron chi connectivity index (χ3n) is 3.21. The summed E-state index contributed by atoms with van der Waals surface area (Å²) in [5, 5.41) is 2.43. The van der Waals surface area contributed by atoms with Gasteiger partial charge in [-0.1, -0.05) is 30.3 Å². The Hall–Kier alpha value is -1.58. The quantitative estimate of drug-likeness (QED) is 0.712. The number of nitrogens with two attached hydrogens (primary N) is 1. The number of benzene rings is 2. The molecule has 3 nitrogen and oxygen atoms in total. The molecule has 108 valence electrons. The Labute approximate surface area is 120 Å². The summed E-state index contributed by atoms with van der Waals surface area (Å²) in [6.07, 6.45) is 3.30. The summed E-state index contributed by atoms with van der Waals surface area (Å²) in [5.74, 6) is 0.899. The van der Waals surface area contributed by atoms with E-state index >= 15 is 0 Å². The predicted octanol–water partition coefficient (Wildman–Crippen LogP) is 3.36. The van der Waals surface area contributed by atoms with Crippen molar-refractivity contribution in [1.82, 2.24) is 0 Å². The second-order valence-corrected chi connectivity index (χ2v) is 4.82. The lowest BCUT2D eigenvalue weighted by Gasteiger charge is -2.08. The van der Waals surface area contributed by atoms with Gasteiger partial charge in [-0.25, -0.2) is 0 Å². The molecule has 0 bridgehead atoms. The highest BCUT2D eigenvalue weighted by atomic mass is 16.5. The molecule has 0 aliphatic rings. The van der Waals surface area contributed by atoms with Gasteiger partial charge in [0, 0.05) is 6.61 Å². The van der Waals surface area contributed by atoms with Crippen molar-refractivity contribution in [1.29, 1.82) is 0 Å². The molecular formula is C17H23NO2. The van der Waals surface area contributed by atoms with E-state index in [1.54, 1.807) is 0 Å². The summed E-state index contributed by atoms with van der Waals surface area (Å²) < 4.78 is 11.2. The van der Waals surface area contributed by atoms with E-state index in [-0.39, 0.29) is 0 Å². The average molecular weight is 273 g/mol. The molecule has 0 saturated carbocycles. The van der Waals surface area contributed by atoms with Crippen molar-refractivity contribution < 1.29 is 9.47 Å². The van der Waals surface area contributed by atoms with Crippen LogP contribution in [0.2, 0.25) is 0 Å². The lowest BCUT2D eigenvalue weighted by atomic mass is 10.1. The SMILES string of the molecule is NCCCCCOCCOc1ccc2ccccc2c1. The largest absolute Gasteiger partial charge is 0.491 e. The van der Waals surface area contributed by atoms with E-state index in [0.29, 0.717) is 13.2 Å². The van der Waals surface area contributed by atoms with E-state index in [4.69, 9.17) is 15.2 Å². The highest BCUT2D eigenvalue weighted by Gasteiger charge is 1.97. The van der Waals surface area contributed by atoms with Crippen LogP contribution in [0, 0.1) is 0 Å². The van der Waals surface area contributed by atoms with Gasteiger partial charge in [-0.3, -0.25) is 0 Å². The molecular weight excluding hydrogens is 250 g/mol. The van der Waals surface area contributed by atoms with Gasteiger partial charge in [-0.15, -0.1) is 0 Å². The van der Waals surface area contributed by atoms with Gasteiger partial charge in [0.15, 0.2) is 0 Å². The van der Waals surface area contributed by atoms with E-state index < -0.39 is 0 Å². The summed E-state index contributed by atoms with van der Waals surface area (Å²) in [4.78, 5) is 0. The Morgan fingerprint density at radius 3 is 2.50 bits per heavy atom. The van der Waals surface area contributed by atoms with E-state index in [1.807, 2.05) is 18.2 Å². The number of fused-ring (bicyclic) bond motifs is 1. The van der Waals surface area contributed by atoms with E-state index in [2.05, 4.69) is 24.3 Å². The number of hydrogen-bond acceptors (Lipinski definition) is 3. The van der Waals surface area contributed by atoms with Crippen molar-refractivity contribution in [2.24, 2.45) is 5.73 Å². The second-order valence-electron chi connectivity index (χ2n) is 4.82. The van der Waals surface area contributed by atoms with Crippen LogP contribution < -0.4 is 10.5 Å². The zero-order chi connectivity index (χ0) is 14.0. The van der Waals surface area contributed by atoms with Crippen LogP contribution in [0.4, 0.5) is 0 Å². The standard InChI is InChI=1S/C17H23NO2/c18-10-4-1-5-11-19-12-13-20-17-9-8-15-6-2-3-7-16(15)14-17/h2-3,6-9,14H,1,4-5,10-13,18H2. The lowest BCUT2D eigenvalue weighted by molar-refractivity contribution is 0.0973. The van der Waals surface area contributed by atoms with Gasteiger partial charge in [0.25, 0.3) is 0 Å². The molecule has 0 aromatic heterocycles. The normalized spacial score (nSPS) is 10.8. The first-order valence-corrected chi connectivity index (χ1v) is 7.29. The third kappa shape index (κ3) is 4.83. The molecule has 0 aliphatic heterocycles. The van der Waals surface area contributed by atoms with Crippen molar-refractivity contribution in [3.8, 4) is 5.75 Å². The Balaban J connectivity index is 1.65. The fourth-order valence-corrected chi connectivity index (χ4v) is 2.10. The van der Waals surface area contributed by atoms with Gasteiger partial charge in [0.05, 0.1) is 6.61 Å². The van der Waals surface area contributed by atoms with E-state index in [1.165, 1.54) is 10.8 Å². The molecule has 0 saturated heterocycles. The fourth-order valence-electron chi connectivity index (χ4n) is 2.10. The number of unbranched alkanes of at least 4 members (excludes halogenated alkanes) is 2. The van der Waals surface area contributed by atoms with Crippen LogP contribution >= 0.6 is 0 Å². The zero-order valence-corrected chi connectivity index (χ0v) is 11.9. The van der Waals surface area contributed by atoms with Crippen molar-refractivity contribution in [2.45, 2.75) is 19.3 Å². The molecule has 0 amide bonds. The van der Waals surface area contributed by atoms with Gasteiger partial charge in [-0.05, 0) is 48.7 Å². The molecule has 0 fully saturated rings. The Morgan fingerprint density at radius 2 is 1.65 bits per heavy atom. The van der Waals surface area contributed by atoms with Crippen LogP contribution in [-0.2, 0) is 4.74 Å². The first kappa shape index (κ1) is 14.8. The van der Waals surface area contributed by atoms with Crippen molar-refractivity contribution in [3.63, 3.8) is 0 Å². The predicted molar refractivity (Wildman–Crippen MR) is 83.2 cm³/mol. The average Bonchev–Trinajstić information content (AvgIpc) is 2.50. The van der Waals surface area contributed by atoms with Crippen molar-refractivity contribution in [3.05, 3.63) is 42.5 Å². The topological polar surface area (TPSA) is 44.5 Å². The molecule has 2 aromatic rings. The maximum atomic E-state index is 5.70. The molecule has 3 heteroatoms. The molecule has 2 N–H and O–H groups in total. The monoisotopic (exact) mass is 273 g/mol. The lowest BCUT2D eigenvalue weighted by Crippen LogP contribution is -2.08. The zero-order valence-electron chi connectivity index (χ0n) is 11.9. The molecule has 20 heavy (non-hydrogen) atoms. The van der Waals surface area contributed by atoms with Crippen molar-refractivity contribution >= 4 is 10.8 Å². The van der Waals surface area contributed by atoms with Gasteiger partial charge >= 0.3 is 0 Å². The van der Waals surface area contributed by atoms with Gasteiger partial charge < -0.3 is 15.2 Å². The molecule has 2 aromatic carbocycles. The van der Waals surface area contributed by atoms with Crippen LogP contribution in [0.1, 0.15) is 19.3 Å². The highest BCUT2D eigenvalue weighted by Crippen LogP contribution is 2.20. The van der Waals surface area contributed by atoms with Gasteiger partial charge in [0.2, 0.25) is 0 Å². The molecule has 0 spiro atoms. The fraction of sp³-hybridized carbons (Fsp3) is 0.412. The summed E-state index contributed by atoms with van der Waals surface area (Å²) in [5.41, 5.74) is 5.43. The first-order valence-electron chi connectivity index (χ1n) is 7.29. The smallest absolute Gasteiger partial charge is 0.120 e. The Kier molecular flexibility index (Phi) is 6.35. The summed E-state index contributed by atoms with van der Waals surface area (Å²) in [6.45, 7) is 2.79. The minimum atomic E-state index is 0.592. The molecule has 0 heterocycles. The van der Waals surface area contributed by atoms with Gasteiger partial charge in [0.1, 0.15) is 12.4 Å². The number of rotatable bonds is 9. The van der Waals surface area contributed by atoms with Crippen LogP contribution in [-0.4, -0.2) is 26.4 Å². The maximum absolute atomic E-state index is 5.70. The van der Waals surface area contributed by atoms with Crippen LogP contribution in [0.15, 0.2) is 42.5 Å². The molecule has 0 atom stereocenters. The minimum Gasteiger partial charge on any atom is -0.491 e. The second kappa shape index (κ2) is 8.56. The summed E-state index contributed by atoms with van der Waals surface area (Å²) in [6, 6.07) is 14.4.